The average molecular weight is 84.1 g/mol. The number of aliphatic hydroxyl groups is 1. The van der Waals surface area contributed by atoms with E-state index >= 15 is 0 Å². The molecule has 0 spiro atoms. The van der Waals surface area contributed by atoms with E-state index in [-0.39, 0.29) is 0 Å². The predicted octanol–water partition coefficient (Wildman–Crippen LogP) is 1.47. The second-order valence-electron chi connectivity index (χ2n) is 1.68. The second kappa shape index (κ2) is 1.33. The molecule has 0 amide bonds. The Hall–Kier alpha value is -0.460. The van der Waals surface area contributed by atoms with Gasteiger partial charge in [0.15, 0.2) is 0 Å². The Morgan fingerprint density at radius 2 is 2.17 bits per heavy atom. The molecule has 0 aromatic rings. The second-order valence-corrected chi connectivity index (χ2v) is 1.68. The minimum atomic E-state index is 0.718. The quantitative estimate of drug-likeness (QED) is 0.477. The van der Waals surface area contributed by atoms with Crippen LogP contribution in [0.5, 0.6) is 0 Å². The van der Waals surface area contributed by atoms with Gasteiger partial charge in [0.05, 0.1) is 6.26 Å². The summed E-state index contributed by atoms with van der Waals surface area (Å²) in [5.41, 5.74) is 0. The molecule has 0 unspecified atom stereocenters. The van der Waals surface area contributed by atoms with Gasteiger partial charge in [0, 0.05) is 0 Å². The first-order chi connectivity index (χ1) is 2.93. The molecule has 0 atom stereocenters. The van der Waals surface area contributed by atoms with Crippen molar-refractivity contribution < 1.29 is 5.11 Å². The minimum absolute atomic E-state index is 0.718. The van der Waals surface area contributed by atoms with Crippen LogP contribution in [0.15, 0.2) is 12.3 Å². The van der Waals surface area contributed by atoms with Crippen LogP contribution >= 0.6 is 0 Å². The highest BCUT2D eigenvalue weighted by molar-refractivity contribution is 4.91. The van der Waals surface area contributed by atoms with Crippen molar-refractivity contribution in [1.29, 1.82) is 0 Å². The standard InChI is InChI=1S/C5H8O/c6-4-3-5-1-2-5/h3-6H,1-2H2. The maximum absolute atomic E-state index is 8.10. The zero-order valence-electron chi connectivity index (χ0n) is 3.59. The van der Waals surface area contributed by atoms with Gasteiger partial charge in [-0.3, -0.25) is 0 Å². The summed E-state index contributed by atoms with van der Waals surface area (Å²) in [5.74, 6) is 0.718. The SMILES string of the molecule is OC=CC1CC1. The first-order valence-corrected chi connectivity index (χ1v) is 2.24. The Bertz CT molecular complexity index is 62.3. The van der Waals surface area contributed by atoms with E-state index in [1.54, 1.807) is 0 Å². The predicted molar refractivity (Wildman–Crippen MR) is 24.5 cm³/mol. The molecular formula is C5H8O. The van der Waals surface area contributed by atoms with Gasteiger partial charge in [-0.15, -0.1) is 0 Å². The molecule has 0 aromatic heterocycles. The van der Waals surface area contributed by atoms with Crippen molar-refractivity contribution in [3.8, 4) is 0 Å². The van der Waals surface area contributed by atoms with Crippen molar-refractivity contribution in [2.75, 3.05) is 0 Å². The Morgan fingerprint density at radius 1 is 1.50 bits per heavy atom. The Kier molecular flexibility index (Phi) is 0.825. The first kappa shape index (κ1) is 3.72. The zero-order chi connectivity index (χ0) is 4.41. The fourth-order valence-corrected chi connectivity index (χ4v) is 0.410. The lowest BCUT2D eigenvalue weighted by Crippen LogP contribution is -1.57. The van der Waals surface area contributed by atoms with Gasteiger partial charge in [-0.05, 0) is 24.8 Å². The molecule has 1 aliphatic rings. The number of hydrogen-bond donors (Lipinski definition) is 1. The maximum Gasteiger partial charge on any atom is 0.0754 e. The molecule has 1 aliphatic carbocycles. The summed E-state index contributed by atoms with van der Waals surface area (Å²) in [7, 11) is 0. The monoisotopic (exact) mass is 84.1 g/mol. The molecular weight excluding hydrogens is 76.1 g/mol. The van der Waals surface area contributed by atoms with Crippen LogP contribution in [0.2, 0.25) is 0 Å². The molecule has 0 aliphatic heterocycles. The van der Waals surface area contributed by atoms with Crippen LogP contribution in [0.25, 0.3) is 0 Å². The van der Waals surface area contributed by atoms with Crippen LogP contribution in [0.1, 0.15) is 12.8 Å². The van der Waals surface area contributed by atoms with E-state index in [0.29, 0.717) is 0 Å². The fraction of sp³-hybridized carbons (Fsp3) is 0.600. The highest BCUT2D eigenvalue weighted by Gasteiger charge is 2.16. The van der Waals surface area contributed by atoms with Crippen molar-refractivity contribution in [3.05, 3.63) is 12.3 Å². The summed E-state index contributed by atoms with van der Waals surface area (Å²) in [5, 5.41) is 8.10. The van der Waals surface area contributed by atoms with E-state index in [1.165, 1.54) is 12.8 Å². The lowest BCUT2D eigenvalue weighted by Gasteiger charge is -1.69. The van der Waals surface area contributed by atoms with Crippen LogP contribution in [0.3, 0.4) is 0 Å². The molecule has 1 N–H and O–H groups in total. The van der Waals surface area contributed by atoms with E-state index in [0.717, 1.165) is 12.2 Å². The van der Waals surface area contributed by atoms with E-state index in [1.807, 2.05) is 6.08 Å². The van der Waals surface area contributed by atoms with Crippen LogP contribution in [0, 0.1) is 5.92 Å². The van der Waals surface area contributed by atoms with Crippen LogP contribution in [0.4, 0.5) is 0 Å². The molecule has 0 heterocycles. The van der Waals surface area contributed by atoms with Crippen molar-refractivity contribution in [2.24, 2.45) is 5.92 Å². The third kappa shape index (κ3) is 0.744. The van der Waals surface area contributed by atoms with E-state index in [2.05, 4.69) is 0 Å². The molecule has 1 fully saturated rings. The van der Waals surface area contributed by atoms with Crippen LogP contribution < -0.4 is 0 Å². The summed E-state index contributed by atoms with van der Waals surface area (Å²) >= 11 is 0. The number of aliphatic hydroxyl groups excluding tert-OH is 1. The van der Waals surface area contributed by atoms with Gasteiger partial charge in [-0.2, -0.15) is 0 Å². The summed E-state index contributed by atoms with van der Waals surface area (Å²) in [6.07, 6.45) is 5.52. The van der Waals surface area contributed by atoms with Crippen molar-refractivity contribution in [2.45, 2.75) is 12.8 Å². The molecule has 0 bridgehead atoms. The summed E-state index contributed by atoms with van der Waals surface area (Å²) in [6.45, 7) is 0. The number of allylic oxidation sites excluding steroid dienone is 1. The van der Waals surface area contributed by atoms with Gasteiger partial charge in [0.25, 0.3) is 0 Å². The van der Waals surface area contributed by atoms with Crippen molar-refractivity contribution in [3.63, 3.8) is 0 Å². The molecule has 1 heteroatoms. The molecule has 0 saturated heterocycles. The summed E-state index contributed by atoms with van der Waals surface area (Å²) < 4.78 is 0. The van der Waals surface area contributed by atoms with E-state index < -0.39 is 0 Å². The lowest BCUT2D eigenvalue weighted by molar-refractivity contribution is 0.470. The Balaban J connectivity index is 2.15. The number of rotatable bonds is 1. The molecule has 1 nitrogen and oxygen atoms in total. The molecule has 0 aromatic carbocycles. The van der Waals surface area contributed by atoms with Gasteiger partial charge in [-0.1, -0.05) is 0 Å². The van der Waals surface area contributed by atoms with Gasteiger partial charge in [0.2, 0.25) is 0 Å². The normalized spacial score (nSPS) is 22.7. The highest BCUT2D eigenvalue weighted by Crippen LogP contribution is 2.29. The summed E-state index contributed by atoms with van der Waals surface area (Å²) in [6, 6.07) is 0. The average Bonchev–Trinajstić information content (AvgIpc) is 2.21. The highest BCUT2D eigenvalue weighted by atomic mass is 16.2. The first-order valence-electron chi connectivity index (χ1n) is 2.24. The van der Waals surface area contributed by atoms with Gasteiger partial charge in [-0.25, -0.2) is 0 Å². The zero-order valence-corrected chi connectivity index (χ0v) is 3.59. The van der Waals surface area contributed by atoms with Gasteiger partial charge in [0.1, 0.15) is 0 Å². The molecule has 1 saturated carbocycles. The number of hydrogen-bond acceptors (Lipinski definition) is 1. The molecule has 1 rings (SSSR count). The van der Waals surface area contributed by atoms with E-state index in [4.69, 9.17) is 5.11 Å². The Morgan fingerprint density at radius 3 is 2.33 bits per heavy atom. The molecule has 6 heavy (non-hydrogen) atoms. The minimum Gasteiger partial charge on any atom is -0.516 e. The van der Waals surface area contributed by atoms with E-state index in [9.17, 15) is 0 Å². The Labute approximate surface area is 37.3 Å². The van der Waals surface area contributed by atoms with Crippen molar-refractivity contribution >= 4 is 0 Å². The topological polar surface area (TPSA) is 20.2 Å². The smallest absolute Gasteiger partial charge is 0.0754 e. The third-order valence-corrected chi connectivity index (χ3v) is 0.980. The molecule has 34 valence electrons. The van der Waals surface area contributed by atoms with Gasteiger partial charge >= 0.3 is 0 Å². The lowest BCUT2D eigenvalue weighted by atomic mass is 10.4. The maximum atomic E-state index is 8.10. The molecule has 0 radical (unpaired) electrons. The van der Waals surface area contributed by atoms with Crippen LogP contribution in [-0.4, -0.2) is 5.11 Å². The third-order valence-electron chi connectivity index (χ3n) is 0.980. The van der Waals surface area contributed by atoms with Crippen molar-refractivity contribution in [1.82, 2.24) is 0 Å². The van der Waals surface area contributed by atoms with Crippen LogP contribution in [-0.2, 0) is 0 Å². The summed E-state index contributed by atoms with van der Waals surface area (Å²) in [4.78, 5) is 0. The fourth-order valence-electron chi connectivity index (χ4n) is 0.410. The largest absolute Gasteiger partial charge is 0.516 e. The van der Waals surface area contributed by atoms with Gasteiger partial charge < -0.3 is 5.11 Å².